The lowest BCUT2D eigenvalue weighted by Crippen LogP contribution is -2.11. The lowest BCUT2D eigenvalue weighted by molar-refractivity contribution is -0.142. The lowest BCUT2D eigenvalue weighted by atomic mass is 9.96. The number of halogens is 10. The zero-order valence-electron chi connectivity index (χ0n) is 22.4. The van der Waals surface area contributed by atoms with E-state index in [1.807, 2.05) is 0 Å². The van der Waals surface area contributed by atoms with Crippen LogP contribution in [0.3, 0.4) is 0 Å². The Bertz CT molecular complexity index is 1610. The third kappa shape index (κ3) is 7.27. The quantitative estimate of drug-likeness (QED) is 0.171. The van der Waals surface area contributed by atoms with Gasteiger partial charge in [0.1, 0.15) is 41.3 Å². The Kier molecular flexibility index (Phi) is 9.64. The largest absolute Gasteiger partial charge is 0.422 e. The smallest absolute Gasteiger partial charge is 0.375 e. The van der Waals surface area contributed by atoms with E-state index in [0.29, 0.717) is 12.1 Å². The number of hydrogen-bond donors (Lipinski definition) is 0. The van der Waals surface area contributed by atoms with Crippen molar-refractivity contribution >= 4 is 5.83 Å². The molecule has 0 N–H and O–H groups in total. The monoisotopic (exact) mass is 612 g/mol. The summed E-state index contributed by atoms with van der Waals surface area (Å²) < 4.78 is 144. The van der Waals surface area contributed by atoms with E-state index in [2.05, 4.69) is 0 Å². The van der Waals surface area contributed by atoms with Gasteiger partial charge in [0, 0.05) is 12.2 Å². The molecule has 0 spiro atoms. The summed E-state index contributed by atoms with van der Waals surface area (Å²) in [5.74, 6) is -8.79. The summed E-state index contributed by atoms with van der Waals surface area (Å²) in [5, 5.41) is 0. The summed E-state index contributed by atoms with van der Waals surface area (Å²) in [4.78, 5) is 0. The van der Waals surface area contributed by atoms with E-state index in [0.717, 1.165) is 18.2 Å². The van der Waals surface area contributed by atoms with E-state index < -0.39 is 64.6 Å². The molecule has 4 aromatic rings. The van der Waals surface area contributed by atoms with Crippen LogP contribution in [0.2, 0.25) is 0 Å². The molecule has 0 fully saturated rings. The lowest BCUT2D eigenvalue weighted by Gasteiger charge is -2.12. The molecule has 1 nitrogen and oxygen atoms in total. The van der Waals surface area contributed by atoms with Crippen molar-refractivity contribution in [3.63, 3.8) is 0 Å². The maximum atomic E-state index is 15.0. The topological polar surface area (TPSA) is 9.23 Å². The van der Waals surface area contributed by atoms with Gasteiger partial charge in [-0.05, 0) is 77.9 Å². The number of ether oxygens (including phenoxy) is 1. The Balaban J connectivity index is 1.50. The van der Waals surface area contributed by atoms with Crippen LogP contribution < -0.4 is 0 Å². The Hall–Kier alpha value is -4.12. The number of alkyl halides is 3. The molecule has 0 unspecified atom stereocenters. The van der Waals surface area contributed by atoms with Crippen LogP contribution in [0.1, 0.15) is 29.2 Å². The van der Waals surface area contributed by atoms with Crippen LogP contribution in [-0.4, -0.2) is 13.2 Å². The fourth-order valence-electron chi connectivity index (χ4n) is 4.46. The maximum absolute atomic E-state index is 15.0. The van der Waals surface area contributed by atoms with Gasteiger partial charge in [-0.1, -0.05) is 36.4 Å². The minimum atomic E-state index is -5.22. The molecule has 0 saturated heterocycles. The van der Waals surface area contributed by atoms with Crippen molar-refractivity contribution in [2.24, 2.45) is 0 Å². The molecule has 0 radical (unpaired) electrons. The standard InChI is InChI=1S/C32H22F10O/c1-2-43-16-28(38)31(39)21-10-7-19(23(33)13-21)4-3-17-11-24(34)29(25(35)12-17)20-8-5-18(6-9-20)22-14-26(36)30(27(37)15-22)32(40,41)42/h5-15H,2-4,16H2,1H3/b31-28+. The van der Waals surface area contributed by atoms with Crippen LogP contribution in [0, 0.1) is 29.1 Å². The summed E-state index contributed by atoms with van der Waals surface area (Å²) in [5.41, 5.74) is -2.53. The third-order valence-corrected chi connectivity index (χ3v) is 6.59. The molecule has 0 aromatic heterocycles. The Labute approximate surface area is 240 Å². The second-order valence-corrected chi connectivity index (χ2v) is 9.49. The first-order valence-electron chi connectivity index (χ1n) is 12.9. The van der Waals surface area contributed by atoms with Crippen molar-refractivity contribution in [2.75, 3.05) is 13.2 Å². The minimum absolute atomic E-state index is 0.00535. The third-order valence-electron chi connectivity index (χ3n) is 6.59. The fourth-order valence-corrected chi connectivity index (χ4v) is 4.46. The first-order valence-corrected chi connectivity index (χ1v) is 12.9. The maximum Gasteiger partial charge on any atom is 0.422 e. The van der Waals surface area contributed by atoms with Crippen molar-refractivity contribution in [3.8, 4) is 22.3 Å². The van der Waals surface area contributed by atoms with Gasteiger partial charge in [-0.2, -0.15) is 13.2 Å². The molecule has 11 heteroatoms. The van der Waals surface area contributed by atoms with Gasteiger partial charge in [0.05, 0.1) is 5.56 Å². The molecule has 0 atom stereocenters. The number of aryl methyl sites for hydroxylation is 2. The molecular weight excluding hydrogens is 590 g/mol. The van der Waals surface area contributed by atoms with Gasteiger partial charge < -0.3 is 4.74 Å². The van der Waals surface area contributed by atoms with E-state index in [-0.39, 0.29) is 52.8 Å². The van der Waals surface area contributed by atoms with E-state index in [1.54, 1.807) is 6.92 Å². The van der Waals surface area contributed by atoms with Gasteiger partial charge in [-0.15, -0.1) is 0 Å². The molecule has 0 saturated carbocycles. The molecule has 0 heterocycles. The van der Waals surface area contributed by atoms with Crippen LogP contribution in [0.5, 0.6) is 0 Å². The molecule has 0 aliphatic carbocycles. The Morgan fingerprint density at radius 2 is 1.23 bits per heavy atom. The molecular formula is C32H22F10O. The van der Waals surface area contributed by atoms with Crippen molar-refractivity contribution in [1.82, 2.24) is 0 Å². The van der Waals surface area contributed by atoms with Crippen molar-refractivity contribution in [2.45, 2.75) is 25.9 Å². The predicted octanol–water partition coefficient (Wildman–Crippen LogP) is 10.2. The SMILES string of the molecule is CCOC/C(F)=C(\F)c1ccc(CCc2cc(F)c(-c3ccc(-c4cc(F)c(C(F)(F)F)c(F)c4)cc3)c(F)c2)c(F)c1. The summed E-state index contributed by atoms with van der Waals surface area (Å²) in [7, 11) is 0. The van der Waals surface area contributed by atoms with Gasteiger partial charge in [0.25, 0.3) is 0 Å². The predicted molar refractivity (Wildman–Crippen MR) is 142 cm³/mol. The number of rotatable bonds is 9. The molecule has 43 heavy (non-hydrogen) atoms. The molecule has 0 bridgehead atoms. The van der Waals surface area contributed by atoms with E-state index in [4.69, 9.17) is 4.74 Å². The van der Waals surface area contributed by atoms with Gasteiger partial charge >= 0.3 is 6.18 Å². The first-order chi connectivity index (χ1) is 20.3. The summed E-state index contributed by atoms with van der Waals surface area (Å²) in [6.07, 6.45) is -5.23. The van der Waals surface area contributed by atoms with Crippen molar-refractivity contribution < 1.29 is 48.6 Å². The van der Waals surface area contributed by atoms with E-state index in [9.17, 15) is 43.9 Å². The Morgan fingerprint density at radius 1 is 0.651 bits per heavy atom. The molecule has 0 amide bonds. The van der Waals surface area contributed by atoms with Gasteiger partial charge in [0.2, 0.25) is 0 Å². The highest BCUT2D eigenvalue weighted by Gasteiger charge is 2.38. The summed E-state index contributed by atoms with van der Waals surface area (Å²) >= 11 is 0. The summed E-state index contributed by atoms with van der Waals surface area (Å²) in [6, 6.07) is 11.3. The van der Waals surface area contributed by atoms with Gasteiger partial charge in [0.15, 0.2) is 11.7 Å². The van der Waals surface area contributed by atoms with E-state index >= 15 is 0 Å². The first kappa shape index (κ1) is 31.8. The fraction of sp³-hybridized carbons (Fsp3) is 0.188. The highest BCUT2D eigenvalue weighted by atomic mass is 19.4. The average molecular weight is 613 g/mol. The molecule has 226 valence electrons. The van der Waals surface area contributed by atoms with Crippen molar-refractivity contribution in [1.29, 1.82) is 0 Å². The van der Waals surface area contributed by atoms with Crippen molar-refractivity contribution in [3.05, 3.63) is 124 Å². The van der Waals surface area contributed by atoms with Crippen LogP contribution in [0.15, 0.2) is 72.6 Å². The molecule has 4 rings (SSSR count). The average Bonchev–Trinajstić information content (AvgIpc) is 2.93. The van der Waals surface area contributed by atoms with Crippen LogP contribution in [0.4, 0.5) is 43.9 Å². The van der Waals surface area contributed by atoms with Crippen LogP contribution in [0.25, 0.3) is 28.1 Å². The zero-order chi connectivity index (χ0) is 31.5. The van der Waals surface area contributed by atoms with E-state index in [1.165, 1.54) is 36.4 Å². The molecule has 0 aliphatic rings. The van der Waals surface area contributed by atoms with Gasteiger partial charge in [-0.25, -0.2) is 30.7 Å². The van der Waals surface area contributed by atoms with Gasteiger partial charge in [-0.3, -0.25) is 0 Å². The normalized spacial score (nSPS) is 12.4. The van der Waals surface area contributed by atoms with Crippen LogP contribution in [-0.2, 0) is 23.8 Å². The second-order valence-electron chi connectivity index (χ2n) is 9.49. The molecule has 4 aromatic carbocycles. The van der Waals surface area contributed by atoms with Crippen LogP contribution >= 0.6 is 0 Å². The zero-order valence-corrected chi connectivity index (χ0v) is 22.4. The highest BCUT2D eigenvalue weighted by molar-refractivity contribution is 5.71. The number of hydrogen-bond acceptors (Lipinski definition) is 1. The minimum Gasteiger partial charge on any atom is -0.375 e. The highest BCUT2D eigenvalue weighted by Crippen LogP contribution is 2.37. The second kappa shape index (κ2) is 13.0. The Morgan fingerprint density at radius 3 is 1.77 bits per heavy atom. The number of benzene rings is 4. The molecule has 0 aliphatic heterocycles. The summed E-state index contributed by atoms with van der Waals surface area (Å²) in [6.45, 7) is 1.17.